The highest BCUT2D eigenvalue weighted by atomic mass is 16.5. The highest BCUT2D eigenvalue weighted by Crippen LogP contribution is 2.32. The molecule has 4 aromatic rings. The maximum Gasteiger partial charge on any atom is 0.320 e. The number of imidazole rings is 1. The molecule has 1 saturated heterocycles. The maximum atomic E-state index is 13.4. The lowest BCUT2D eigenvalue weighted by Gasteiger charge is -2.34. The van der Waals surface area contributed by atoms with Gasteiger partial charge in [0.1, 0.15) is 18.2 Å². The van der Waals surface area contributed by atoms with Crippen molar-refractivity contribution in [3.05, 3.63) is 59.5 Å². The maximum absolute atomic E-state index is 13.4. The predicted octanol–water partition coefficient (Wildman–Crippen LogP) is 4.42. The molecule has 0 unspecified atom stereocenters. The van der Waals surface area contributed by atoms with Gasteiger partial charge in [-0.1, -0.05) is 17.3 Å². The molecule has 4 heterocycles. The molecule has 0 radical (unpaired) electrons. The quantitative estimate of drug-likeness (QED) is 0.463. The number of hydrogen-bond donors (Lipinski definition) is 1. The Labute approximate surface area is 203 Å². The number of likely N-dealkylation sites (tertiary alicyclic amines) is 1. The van der Waals surface area contributed by atoms with Crippen molar-refractivity contribution < 1.29 is 14.1 Å². The monoisotopic (exact) mass is 472 g/mol. The molecule has 0 saturated carbocycles. The molecule has 0 atom stereocenters. The summed E-state index contributed by atoms with van der Waals surface area (Å²) < 4.78 is 11.1. The van der Waals surface area contributed by atoms with E-state index in [9.17, 15) is 4.79 Å². The Kier molecular flexibility index (Phi) is 5.39. The van der Waals surface area contributed by atoms with Crippen LogP contribution in [0.1, 0.15) is 41.9 Å². The number of aromatic amines is 1. The van der Waals surface area contributed by atoms with Crippen molar-refractivity contribution in [2.45, 2.75) is 39.2 Å². The number of piperidine rings is 1. The van der Waals surface area contributed by atoms with Gasteiger partial charge < -0.3 is 24.0 Å². The first-order valence-electron chi connectivity index (χ1n) is 12.1. The molecule has 35 heavy (non-hydrogen) atoms. The number of urea groups is 1. The van der Waals surface area contributed by atoms with E-state index in [0.717, 1.165) is 58.0 Å². The number of benzene rings is 2. The van der Waals surface area contributed by atoms with E-state index < -0.39 is 0 Å². The minimum atomic E-state index is 0.0592. The van der Waals surface area contributed by atoms with Crippen LogP contribution >= 0.6 is 0 Å². The molecule has 2 aromatic carbocycles. The molecular formula is C26H28N6O3. The zero-order valence-corrected chi connectivity index (χ0v) is 20.0. The number of fused-ring (bicyclic) bond motifs is 2. The van der Waals surface area contributed by atoms with Gasteiger partial charge in [-0.3, -0.25) is 0 Å². The lowest BCUT2D eigenvalue weighted by molar-refractivity contribution is 0.133. The number of aromatic nitrogens is 4. The number of nitrogens with zero attached hydrogens (tertiary/aromatic N) is 5. The average Bonchev–Trinajstić information content (AvgIpc) is 3.40. The molecule has 0 bridgehead atoms. The van der Waals surface area contributed by atoms with E-state index in [2.05, 4.69) is 44.4 Å². The summed E-state index contributed by atoms with van der Waals surface area (Å²) in [6, 6.07) is 12.5. The van der Waals surface area contributed by atoms with Crippen molar-refractivity contribution in [1.82, 2.24) is 29.9 Å². The SMILES string of the molecule is Cc1nc2ccc(-c3ccc4c(c3)CN(C(=O)N3CCC(c5noc(C)n5)CC3)CCO4)cc2[nH]1. The number of carbonyl (C=O) groups is 1. The third-order valence-electron chi connectivity index (χ3n) is 6.92. The van der Waals surface area contributed by atoms with E-state index in [-0.39, 0.29) is 11.9 Å². The summed E-state index contributed by atoms with van der Waals surface area (Å²) in [4.78, 5) is 29.4. The number of amides is 2. The predicted molar refractivity (Wildman–Crippen MR) is 130 cm³/mol. The lowest BCUT2D eigenvalue weighted by atomic mass is 9.96. The minimum Gasteiger partial charge on any atom is -0.491 e. The van der Waals surface area contributed by atoms with Gasteiger partial charge in [-0.25, -0.2) is 9.78 Å². The van der Waals surface area contributed by atoms with Gasteiger partial charge in [-0.15, -0.1) is 0 Å². The number of aryl methyl sites for hydroxylation is 2. The summed E-state index contributed by atoms with van der Waals surface area (Å²) in [5.74, 6) is 3.32. The zero-order chi connectivity index (χ0) is 23.9. The molecule has 6 rings (SSSR count). The molecule has 9 heteroatoms. The first-order chi connectivity index (χ1) is 17.0. The molecule has 0 aliphatic carbocycles. The average molecular weight is 473 g/mol. The van der Waals surface area contributed by atoms with Crippen LogP contribution in [0.5, 0.6) is 5.75 Å². The van der Waals surface area contributed by atoms with Crippen LogP contribution < -0.4 is 4.74 Å². The number of carbonyl (C=O) groups excluding carboxylic acids is 1. The van der Waals surface area contributed by atoms with E-state index in [4.69, 9.17) is 9.26 Å². The summed E-state index contributed by atoms with van der Waals surface area (Å²) >= 11 is 0. The number of nitrogens with one attached hydrogen (secondary N) is 1. The first-order valence-corrected chi connectivity index (χ1v) is 12.1. The van der Waals surface area contributed by atoms with Gasteiger partial charge in [0.25, 0.3) is 0 Å². The molecular weight excluding hydrogens is 444 g/mol. The summed E-state index contributed by atoms with van der Waals surface area (Å²) in [7, 11) is 0. The van der Waals surface area contributed by atoms with Gasteiger partial charge in [0, 0.05) is 31.5 Å². The molecule has 180 valence electrons. The summed E-state index contributed by atoms with van der Waals surface area (Å²) in [5, 5.41) is 4.07. The standard InChI is InChI=1S/C26H28N6O3/c1-16-27-22-5-3-20(14-23(22)28-16)19-4-6-24-21(13-19)15-32(11-12-34-24)26(33)31-9-7-18(8-10-31)25-29-17(2)35-30-25/h3-6,13-14,18H,7-12,15H2,1-2H3,(H,27,28). The molecule has 1 fully saturated rings. The number of rotatable bonds is 2. The van der Waals surface area contributed by atoms with Crippen molar-refractivity contribution in [1.29, 1.82) is 0 Å². The van der Waals surface area contributed by atoms with Crippen molar-refractivity contribution in [2.75, 3.05) is 26.2 Å². The fourth-order valence-electron chi connectivity index (χ4n) is 5.06. The Balaban J connectivity index is 1.18. The van der Waals surface area contributed by atoms with E-state index >= 15 is 0 Å². The van der Waals surface area contributed by atoms with Crippen LogP contribution in [0.4, 0.5) is 4.79 Å². The van der Waals surface area contributed by atoms with Crippen molar-refractivity contribution in [3.8, 4) is 16.9 Å². The molecule has 1 N–H and O–H groups in total. The third-order valence-corrected chi connectivity index (χ3v) is 6.92. The van der Waals surface area contributed by atoms with Gasteiger partial charge in [0.2, 0.25) is 5.89 Å². The Morgan fingerprint density at radius 3 is 2.60 bits per heavy atom. The van der Waals surface area contributed by atoms with E-state index in [0.29, 0.717) is 38.7 Å². The van der Waals surface area contributed by atoms with Crippen LogP contribution in [-0.2, 0) is 6.54 Å². The summed E-state index contributed by atoms with van der Waals surface area (Å²) in [5.41, 5.74) is 5.19. The molecule has 0 spiro atoms. The van der Waals surface area contributed by atoms with Crippen LogP contribution in [0.2, 0.25) is 0 Å². The third kappa shape index (κ3) is 4.22. The Bertz CT molecular complexity index is 1390. The Morgan fingerprint density at radius 2 is 1.80 bits per heavy atom. The fourth-order valence-corrected chi connectivity index (χ4v) is 5.06. The first kappa shape index (κ1) is 21.6. The van der Waals surface area contributed by atoms with Crippen LogP contribution in [0.25, 0.3) is 22.2 Å². The lowest BCUT2D eigenvalue weighted by Crippen LogP contribution is -2.46. The van der Waals surface area contributed by atoms with Gasteiger partial charge in [-0.2, -0.15) is 4.98 Å². The van der Waals surface area contributed by atoms with Crippen molar-refractivity contribution in [2.24, 2.45) is 0 Å². The van der Waals surface area contributed by atoms with Crippen LogP contribution in [0.3, 0.4) is 0 Å². The largest absolute Gasteiger partial charge is 0.491 e. The summed E-state index contributed by atoms with van der Waals surface area (Å²) in [6.07, 6.45) is 1.68. The zero-order valence-electron chi connectivity index (χ0n) is 20.0. The highest BCUT2D eigenvalue weighted by Gasteiger charge is 2.30. The van der Waals surface area contributed by atoms with Crippen LogP contribution in [0, 0.1) is 13.8 Å². The van der Waals surface area contributed by atoms with Crippen LogP contribution in [0.15, 0.2) is 40.9 Å². The molecule has 9 nitrogen and oxygen atoms in total. The smallest absolute Gasteiger partial charge is 0.320 e. The Hall–Kier alpha value is -3.88. The van der Waals surface area contributed by atoms with Gasteiger partial charge in [0.05, 0.1) is 24.1 Å². The van der Waals surface area contributed by atoms with E-state index in [1.807, 2.05) is 28.9 Å². The second-order valence-electron chi connectivity index (χ2n) is 9.36. The normalized spacial score (nSPS) is 16.7. The molecule has 2 aliphatic heterocycles. The van der Waals surface area contributed by atoms with Gasteiger partial charge in [0.15, 0.2) is 5.82 Å². The number of H-pyrrole nitrogens is 1. The Morgan fingerprint density at radius 1 is 1.00 bits per heavy atom. The second kappa shape index (κ2) is 8.72. The minimum absolute atomic E-state index is 0.0592. The van der Waals surface area contributed by atoms with E-state index in [1.54, 1.807) is 6.92 Å². The molecule has 2 aliphatic rings. The van der Waals surface area contributed by atoms with Gasteiger partial charge in [-0.05, 0) is 55.2 Å². The summed E-state index contributed by atoms with van der Waals surface area (Å²) in [6.45, 7) is 6.70. The van der Waals surface area contributed by atoms with Crippen molar-refractivity contribution in [3.63, 3.8) is 0 Å². The van der Waals surface area contributed by atoms with Gasteiger partial charge >= 0.3 is 6.03 Å². The highest BCUT2D eigenvalue weighted by molar-refractivity contribution is 5.82. The molecule has 2 amide bonds. The van der Waals surface area contributed by atoms with Crippen molar-refractivity contribution >= 4 is 17.1 Å². The fraction of sp³-hybridized carbons (Fsp3) is 0.385. The molecule has 2 aromatic heterocycles. The van der Waals surface area contributed by atoms with E-state index in [1.165, 1.54) is 0 Å². The van der Waals surface area contributed by atoms with Crippen LogP contribution in [-0.4, -0.2) is 62.2 Å². The second-order valence-corrected chi connectivity index (χ2v) is 9.36. The number of hydrogen-bond acceptors (Lipinski definition) is 6. The number of ether oxygens (including phenoxy) is 1. The topological polar surface area (TPSA) is 100 Å².